The summed E-state index contributed by atoms with van der Waals surface area (Å²) in [4.78, 5) is 23.5. The standard InChI is InChI=1S/C22H16F3N3O3/c1-30-18-9-8-17-19(27-18)21(12-31-17)14-5-2-3-7-16(14)28(20(21)29)11-15-13(22(23,24)25)6-4-10-26-15/h2-10H,11-12H2,1H3. The van der Waals surface area contributed by atoms with Crippen LogP contribution in [0, 0.1) is 0 Å². The van der Waals surface area contributed by atoms with Crippen LogP contribution in [-0.2, 0) is 22.9 Å². The minimum absolute atomic E-state index is 0.00317. The van der Waals surface area contributed by atoms with E-state index in [2.05, 4.69) is 9.97 Å². The van der Waals surface area contributed by atoms with Crippen LogP contribution in [0.25, 0.3) is 0 Å². The molecule has 31 heavy (non-hydrogen) atoms. The summed E-state index contributed by atoms with van der Waals surface area (Å²) in [7, 11) is 1.47. The van der Waals surface area contributed by atoms with E-state index in [0.717, 1.165) is 6.07 Å². The van der Waals surface area contributed by atoms with Gasteiger partial charge in [0.1, 0.15) is 18.1 Å². The number of halogens is 3. The molecule has 6 nitrogen and oxygen atoms in total. The average molecular weight is 427 g/mol. The largest absolute Gasteiger partial charge is 0.490 e. The van der Waals surface area contributed by atoms with Gasteiger partial charge in [-0.25, -0.2) is 4.98 Å². The number of fused-ring (bicyclic) bond motifs is 4. The molecule has 1 amide bonds. The van der Waals surface area contributed by atoms with Crippen molar-refractivity contribution in [3.05, 3.63) is 77.2 Å². The number of para-hydroxylation sites is 1. The molecule has 0 N–H and O–H groups in total. The van der Waals surface area contributed by atoms with E-state index in [9.17, 15) is 18.0 Å². The van der Waals surface area contributed by atoms with Gasteiger partial charge in [-0.1, -0.05) is 18.2 Å². The second kappa shape index (κ2) is 6.69. The lowest BCUT2D eigenvalue weighted by Gasteiger charge is -2.23. The molecule has 0 saturated heterocycles. The van der Waals surface area contributed by atoms with Gasteiger partial charge < -0.3 is 14.4 Å². The van der Waals surface area contributed by atoms with Crippen molar-refractivity contribution in [1.82, 2.24) is 9.97 Å². The van der Waals surface area contributed by atoms with Crippen molar-refractivity contribution < 1.29 is 27.4 Å². The lowest BCUT2D eigenvalue weighted by atomic mass is 9.80. The maximum atomic E-state index is 13.8. The molecule has 0 radical (unpaired) electrons. The number of aromatic nitrogens is 2. The number of carbonyl (C=O) groups excluding carboxylic acids is 1. The maximum Gasteiger partial charge on any atom is 0.418 e. The zero-order chi connectivity index (χ0) is 21.8. The maximum absolute atomic E-state index is 13.8. The second-order valence-corrected chi connectivity index (χ2v) is 7.30. The van der Waals surface area contributed by atoms with E-state index in [0.29, 0.717) is 28.6 Å². The highest BCUT2D eigenvalue weighted by Crippen LogP contribution is 2.52. The highest BCUT2D eigenvalue weighted by molar-refractivity contribution is 6.11. The van der Waals surface area contributed by atoms with Gasteiger partial charge in [-0.3, -0.25) is 9.78 Å². The zero-order valence-electron chi connectivity index (χ0n) is 16.3. The number of ether oxygens (including phenoxy) is 2. The van der Waals surface area contributed by atoms with Crippen molar-refractivity contribution in [2.45, 2.75) is 18.1 Å². The van der Waals surface area contributed by atoms with Crippen LogP contribution >= 0.6 is 0 Å². The van der Waals surface area contributed by atoms with Crippen molar-refractivity contribution in [3.8, 4) is 11.6 Å². The number of hydrogen-bond acceptors (Lipinski definition) is 5. The predicted molar refractivity (Wildman–Crippen MR) is 104 cm³/mol. The fraction of sp³-hybridized carbons (Fsp3) is 0.227. The molecule has 9 heteroatoms. The van der Waals surface area contributed by atoms with E-state index in [1.807, 2.05) is 0 Å². The quantitative estimate of drug-likeness (QED) is 0.638. The van der Waals surface area contributed by atoms with Crippen LogP contribution in [0.1, 0.15) is 22.5 Å². The van der Waals surface area contributed by atoms with Gasteiger partial charge in [-0.05, 0) is 24.3 Å². The van der Waals surface area contributed by atoms with E-state index in [1.165, 1.54) is 24.3 Å². The van der Waals surface area contributed by atoms with Gasteiger partial charge in [0.25, 0.3) is 0 Å². The van der Waals surface area contributed by atoms with Crippen molar-refractivity contribution in [2.75, 3.05) is 18.6 Å². The summed E-state index contributed by atoms with van der Waals surface area (Å²) in [6.45, 7) is -0.324. The molecule has 0 aliphatic carbocycles. The monoisotopic (exact) mass is 427 g/mol. The molecule has 5 rings (SSSR count). The topological polar surface area (TPSA) is 64.6 Å². The Kier molecular flexibility index (Phi) is 4.18. The molecule has 1 spiro atoms. The highest BCUT2D eigenvalue weighted by atomic mass is 19.4. The molecule has 1 atom stereocenters. The Hall–Kier alpha value is -3.62. The van der Waals surface area contributed by atoms with Crippen LogP contribution < -0.4 is 14.4 Å². The fourth-order valence-electron chi connectivity index (χ4n) is 4.24. The van der Waals surface area contributed by atoms with Crippen molar-refractivity contribution in [3.63, 3.8) is 0 Å². The first-order valence-corrected chi connectivity index (χ1v) is 9.47. The first-order valence-electron chi connectivity index (χ1n) is 9.47. The number of alkyl halides is 3. The van der Waals surface area contributed by atoms with Crippen LogP contribution in [-0.4, -0.2) is 29.6 Å². The molecule has 158 valence electrons. The molecule has 2 aliphatic heterocycles. The van der Waals surface area contributed by atoms with Crippen molar-refractivity contribution in [1.29, 1.82) is 0 Å². The number of hydrogen-bond donors (Lipinski definition) is 0. The number of pyridine rings is 2. The molecule has 0 fully saturated rings. The zero-order valence-corrected chi connectivity index (χ0v) is 16.3. The SMILES string of the molecule is COc1ccc2c(n1)C1(CO2)C(=O)N(Cc2ncccc2C(F)(F)F)c2ccccc21. The molecule has 1 unspecified atom stereocenters. The minimum Gasteiger partial charge on any atom is -0.490 e. The Morgan fingerprint density at radius 3 is 2.74 bits per heavy atom. The van der Waals surface area contributed by atoms with Crippen molar-refractivity contribution in [2.24, 2.45) is 0 Å². The van der Waals surface area contributed by atoms with Gasteiger partial charge in [-0.15, -0.1) is 0 Å². The fourth-order valence-corrected chi connectivity index (χ4v) is 4.24. The summed E-state index contributed by atoms with van der Waals surface area (Å²) in [5.74, 6) is 0.350. The molecule has 4 heterocycles. The van der Waals surface area contributed by atoms with Gasteiger partial charge in [0.15, 0.2) is 5.41 Å². The van der Waals surface area contributed by atoms with Crippen LogP contribution in [0.5, 0.6) is 11.6 Å². The summed E-state index contributed by atoms with van der Waals surface area (Å²) < 4.78 is 51.5. The van der Waals surface area contributed by atoms with Crippen LogP contribution in [0.3, 0.4) is 0 Å². The van der Waals surface area contributed by atoms with Gasteiger partial charge >= 0.3 is 6.18 Å². The number of nitrogens with zero attached hydrogens (tertiary/aromatic N) is 3. The minimum atomic E-state index is -4.58. The first kappa shape index (κ1) is 19.3. The Morgan fingerprint density at radius 1 is 1.16 bits per heavy atom. The van der Waals surface area contributed by atoms with E-state index < -0.39 is 23.1 Å². The second-order valence-electron chi connectivity index (χ2n) is 7.30. The molecular formula is C22H16F3N3O3. The van der Waals surface area contributed by atoms with Crippen LogP contribution in [0.15, 0.2) is 54.7 Å². The predicted octanol–water partition coefficient (Wildman–Crippen LogP) is 3.73. The van der Waals surface area contributed by atoms with E-state index in [1.54, 1.807) is 36.4 Å². The Morgan fingerprint density at radius 2 is 1.97 bits per heavy atom. The average Bonchev–Trinajstić information content (AvgIpc) is 3.26. The van der Waals surface area contributed by atoms with Gasteiger partial charge in [-0.2, -0.15) is 13.2 Å². The molecule has 0 bridgehead atoms. The molecule has 0 saturated carbocycles. The van der Waals surface area contributed by atoms with Gasteiger partial charge in [0.05, 0.1) is 24.9 Å². The highest BCUT2D eigenvalue weighted by Gasteiger charge is 2.58. The van der Waals surface area contributed by atoms with Crippen molar-refractivity contribution >= 4 is 11.6 Å². The number of methoxy groups -OCH3 is 1. The summed E-state index contributed by atoms with van der Waals surface area (Å²) in [5, 5.41) is 0. The summed E-state index contributed by atoms with van der Waals surface area (Å²) in [6, 6.07) is 12.5. The molecule has 1 aromatic carbocycles. The third-order valence-corrected chi connectivity index (χ3v) is 5.66. The third-order valence-electron chi connectivity index (χ3n) is 5.66. The van der Waals surface area contributed by atoms with Crippen LogP contribution in [0.2, 0.25) is 0 Å². The smallest absolute Gasteiger partial charge is 0.418 e. The molecule has 3 aromatic rings. The lowest BCUT2D eigenvalue weighted by molar-refractivity contribution is -0.138. The summed E-state index contributed by atoms with van der Waals surface area (Å²) in [6.07, 6.45) is -3.30. The van der Waals surface area contributed by atoms with E-state index >= 15 is 0 Å². The number of anilines is 1. The Bertz CT molecular complexity index is 1200. The summed E-state index contributed by atoms with van der Waals surface area (Å²) >= 11 is 0. The normalized spacial score (nSPS) is 19.4. The molecular weight excluding hydrogens is 411 g/mol. The molecule has 2 aromatic heterocycles. The number of amides is 1. The Balaban J connectivity index is 1.65. The van der Waals surface area contributed by atoms with Gasteiger partial charge in [0.2, 0.25) is 11.8 Å². The number of benzene rings is 1. The number of rotatable bonds is 3. The first-order chi connectivity index (χ1) is 14.9. The summed E-state index contributed by atoms with van der Waals surface area (Å²) in [5.41, 5.74) is -0.828. The third kappa shape index (κ3) is 2.76. The lowest BCUT2D eigenvalue weighted by Crippen LogP contribution is -2.43. The van der Waals surface area contributed by atoms with E-state index in [-0.39, 0.29) is 18.8 Å². The van der Waals surface area contributed by atoms with Crippen LogP contribution in [0.4, 0.5) is 18.9 Å². The van der Waals surface area contributed by atoms with Gasteiger partial charge in [0, 0.05) is 23.5 Å². The Labute approximate surface area is 175 Å². The van der Waals surface area contributed by atoms with E-state index in [4.69, 9.17) is 9.47 Å². The number of carbonyl (C=O) groups is 1. The molecule has 2 aliphatic rings.